The number of allylic oxidation sites excluding steroid dienone is 4. The van der Waals surface area contributed by atoms with Crippen LogP contribution in [0.25, 0.3) is 32.3 Å². The van der Waals surface area contributed by atoms with Crippen molar-refractivity contribution in [1.29, 1.82) is 0 Å². The minimum absolute atomic E-state index is 0.0667. The molecule has 0 aliphatic carbocycles. The standard InChI is InChI=1S/C47H44N2O2/c1-5-28-48-40-26-24-35-15-9-11-18-38(35)45(40)47(4,31-32-21-22-33-13-6-7-16-36(33)30-32)42(48)20-12-19-41-46(2,3)44-37-17-10-8-14-34(37)23-25-39(44)49(41)29-27-43(50)51/h6-26,30H,5,27-29,31H2,1-4H3/p+1. The Bertz CT molecular complexity index is 2450. The Morgan fingerprint density at radius 2 is 1.39 bits per heavy atom. The van der Waals surface area contributed by atoms with Crippen LogP contribution in [0, 0.1) is 0 Å². The molecule has 2 aliphatic heterocycles. The van der Waals surface area contributed by atoms with Crippen molar-refractivity contribution in [3.8, 4) is 0 Å². The average molecular weight is 670 g/mol. The number of nitrogens with zero attached hydrogens (tertiary/aromatic N) is 2. The van der Waals surface area contributed by atoms with Gasteiger partial charge >= 0.3 is 5.97 Å². The molecular formula is C47H45N2O2+. The van der Waals surface area contributed by atoms with Crippen molar-refractivity contribution in [3.05, 3.63) is 156 Å². The van der Waals surface area contributed by atoms with Crippen LogP contribution in [0.1, 0.15) is 57.2 Å². The SMILES string of the molecule is CCCN1C(=CC=CC2=[N+](CCC(=O)O)c3ccc4ccccc4c3C2(C)C)C(C)(Cc2ccc3ccccc3c2)c2c1ccc1ccccc21. The minimum Gasteiger partial charge on any atom is -0.481 e. The number of benzene rings is 6. The lowest BCUT2D eigenvalue weighted by Crippen LogP contribution is -2.31. The molecule has 0 bridgehead atoms. The number of hydrogen-bond acceptors (Lipinski definition) is 2. The predicted octanol–water partition coefficient (Wildman–Crippen LogP) is 10.9. The number of anilines is 1. The maximum atomic E-state index is 11.9. The third-order valence-corrected chi connectivity index (χ3v) is 11.2. The molecule has 2 aliphatic rings. The van der Waals surface area contributed by atoms with Crippen LogP contribution in [-0.4, -0.2) is 34.5 Å². The lowest BCUT2D eigenvalue weighted by Gasteiger charge is -2.31. The van der Waals surface area contributed by atoms with Crippen molar-refractivity contribution >= 4 is 55.4 Å². The summed E-state index contributed by atoms with van der Waals surface area (Å²) in [5, 5.41) is 17.2. The lowest BCUT2D eigenvalue weighted by molar-refractivity contribution is -0.436. The molecule has 1 N–H and O–H groups in total. The normalized spacial score (nSPS) is 18.8. The molecule has 254 valence electrons. The van der Waals surface area contributed by atoms with Crippen LogP contribution in [-0.2, 0) is 22.0 Å². The van der Waals surface area contributed by atoms with Gasteiger partial charge < -0.3 is 10.0 Å². The summed E-state index contributed by atoms with van der Waals surface area (Å²) in [4.78, 5) is 14.4. The lowest BCUT2D eigenvalue weighted by atomic mass is 9.74. The first kappa shape index (κ1) is 32.7. The van der Waals surface area contributed by atoms with E-state index in [9.17, 15) is 9.90 Å². The zero-order valence-corrected chi connectivity index (χ0v) is 30.0. The Morgan fingerprint density at radius 3 is 2.10 bits per heavy atom. The van der Waals surface area contributed by atoms with Crippen molar-refractivity contribution in [3.63, 3.8) is 0 Å². The Balaban J connectivity index is 1.29. The van der Waals surface area contributed by atoms with Crippen molar-refractivity contribution in [2.45, 2.75) is 57.8 Å². The number of rotatable bonds is 9. The van der Waals surface area contributed by atoms with Gasteiger partial charge in [-0.15, -0.1) is 0 Å². The third-order valence-electron chi connectivity index (χ3n) is 11.2. The van der Waals surface area contributed by atoms with Crippen LogP contribution in [0.4, 0.5) is 11.4 Å². The second-order valence-corrected chi connectivity index (χ2v) is 14.9. The van der Waals surface area contributed by atoms with E-state index < -0.39 is 5.97 Å². The summed E-state index contributed by atoms with van der Waals surface area (Å²) in [5.74, 6) is -0.789. The van der Waals surface area contributed by atoms with Gasteiger partial charge in [-0.05, 0) is 95.3 Å². The summed E-state index contributed by atoms with van der Waals surface area (Å²) in [7, 11) is 0. The summed E-state index contributed by atoms with van der Waals surface area (Å²) in [5.41, 5.74) is 8.13. The zero-order chi connectivity index (χ0) is 35.3. The molecule has 0 radical (unpaired) electrons. The highest BCUT2D eigenvalue weighted by Gasteiger charge is 2.46. The van der Waals surface area contributed by atoms with Crippen LogP contribution in [0.2, 0.25) is 0 Å². The summed E-state index contributed by atoms with van der Waals surface area (Å²) in [6.07, 6.45) is 8.76. The molecule has 0 amide bonds. The smallest absolute Gasteiger partial charge is 0.309 e. The van der Waals surface area contributed by atoms with E-state index in [0.717, 1.165) is 30.8 Å². The topological polar surface area (TPSA) is 43.5 Å². The van der Waals surface area contributed by atoms with Crippen LogP contribution in [0.15, 0.2) is 139 Å². The number of aliphatic carboxylic acids is 1. The molecule has 51 heavy (non-hydrogen) atoms. The Labute approximate surface area is 300 Å². The number of hydrogen-bond donors (Lipinski definition) is 1. The molecular weight excluding hydrogens is 625 g/mol. The first-order chi connectivity index (χ1) is 24.7. The van der Waals surface area contributed by atoms with Gasteiger partial charge in [-0.1, -0.05) is 110 Å². The third kappa shape index (κ3) is 5.45. The molecule has 1 unspecified atom stereocenters. The number of carboxylic acid groups (broad SMARTS) is 1. The maximum absolute atomic E-state index is 11.9. The molecule has 2 heterocycles. The minimum atomic E-state index is -0.789. The van der Waals surface area contributed by atoms with Gasteiger partial charge in [0.25, 0.3) is 0 Å². The molecule has 8 rings (SSSR count). The fourth-order valence-corrected chi connectivity index (χ4v) is 9.01. The average Bonchev–Trinajstić information content (AvgIpc) is 3.50. The quantitative estimate of drug-likeness (QED) is 0.156. The zero-order valence-electron chi connectivity index (χ0n) is 30.0. The number of fused-ring (bicyclic) bond motifs is 7. The first-order valence-electron chi connectivity index (χ1n) is 18.3. The fraction of sp³-hybridized carbons (Fsp3) is 0.234. The summed E-state index contributed by atoms with van der Waals surface area (Å²) in [6.45, 7) is 10.6. The Hall–Kier alpha value is -5.48. The molecule has 1 atom stereocenters. The predicted molar refractivity (Wildman–Crippen MR) is 213 cm³/mol. The van der Waals surface area contributed by atoms with Gasteiger partial charge in [0.05, 0.1) is 5.41 Å². The monoisotopic (exact) mass is 669 g/mol. The Morgan fingerprint density at radius 1 is 0.765 bits per heavy atom. The second kappa shape index (κ2) is 12.7. The second-order valence-electron chi connectivity index (χ2n) is 14.9. The molecule has 0 fully saturated rings. The molecule has 0 spiro atoms. The van der Waals surface area contributed by atoms with Gasteiger partial charge in [0, 0.05) is 41.1 Å². The Kier molecular flexibility index (Phi) is 8.14. The van der Waals surface area contributed by atoms with E-state index in [1.54, 1.807) is 0 Å². The van der Waals surface area contributed by atoms with E-state index in [4.69, 9.17) is 0 Å². The van der Waals surface area contributed by atoms with Crippen molar-refractivity contribution in [2.75, 3.05) is 18.0 Å². The highest BCUT2D eigenvalue weighted by atomic mass is 16.4. The molecule has 0 saturated carbocycles. The highest BCUT2D eigenvalue weighted by Crippen LogP contribution is 2.53. The van der Waals surface area contributed by atoms with Gasteiger partial charge in [-0.25, -0.2) is 0 Å². The van der Waals surface area contributed by atoms with Crippen molar-refractivity contribution in [2.24, 2.45) is 0 Å². The van der Waals surface area contributed by atoms with E-state index in [1.165, 1.54) is 60.4 Å². The van der Waals surface area contributed by atoms with Crippen LogP contribution in [0.3, 0.4) is 0 Å². The van der Waals surface area contributed by atoms with E-state index >= 15 is 0 Å². The van der Waals surface area contributed by atoms with Gasteiger partial charge in [0.1, 0.15) is 6.42 Å². The van der Waals surface area contributed by atoms with E-state index in [-0.39, 0.29) is 17.3 Å². The molecule has 4 heteroatoms. The van der Waals surface area contributed by atoms with Crippen LogP contribution >= 0.6 is 0 Å². The maximum Gasteiger partial charge on any atom is 0.309 e. The van der Waals surface area contributed by atoms with Crippen LogP contribution in [0.5, 0.6) is 0 Å². The van der Waals surface area contributed by atoms with Crippen molar-refractivity contribution in [1.82, 2.24) is 0 Å². The van der Waals surface area contributed by atoms with E-state index in [1.807, 2.05) is 0 Å². The molecule has 0 saturated heterocycles. The van der Waals surface area contributed by atoms with Gasteiger partial charge in [-0.2, -0.15) is 4.58 Å². The number of carboxylic acids is 1. The highest BCUT2D eigenvalue weighted by molar-refractivity contribution is 6.08. The largest absolute Gasteiger partial charge is 0.481 e. The fourth-order valence-electron chi connectivity index (χ4n) is 9.01. The van der Waals surface area contributed by atoms with Gasteiger partial charge in [0.15, 0.2) is 12.3 Å². The van der Waals surface area contributed by atoms with Gasteiger partial charge in [0.2, 0.25) is 5.69 Å². The first-order valence-corrected chi connectivity index (χ1v) is 18.3. The van der Waals surface area contributed by atoms with E-state index in [2.05, 4.69) is 171 Å². The number of carbonyl (C=O) groups is 1. The summed E-state index contributed by atoms with van der Waals surface area (Å²) < 4.78 is 2.24. The van der Waals surface area contributed by atoms with Gasteiger partial charge in [-0.3, -0.25) is 4.79 Å². The molecule has 6 aromatic carbocycles. The molecule has 6 aromatic rings. The molecule has 0 aromatic heterocycles. The van der Waals surface area contributed by atoms with Crippen LogP contribution < -0.4 is 4.90 Å². The summed E-state index contributed by atoms with van der Waals surface area (Å²) >= 11 is 0. The summed E-state index contributed by atoms with van der Waals surface area (Å²) in [6, 6.07) is 41.8. The molecule has 4 nitrogen and oxygen atoms in total. The van der Waals surface area contributed by atoms with E-state index in [0.29, 0.717) is 6.54 Å². The van der Waals surface area contributed by atoms with Crippen molar-refractivity contribution < 1.29 is 14.5 Å².